The topological polar surface area (TPSA) is 62.9 Å². The van der Waals surface area contributed by atoms with Gasteiger partial charge in [0, 0.05) is 18.5 Å². The molecule has 1 fully saturated rings. The normalized spacial score (nSPS) is 19.7. The summed E-state index contributed by atoms with van der Waals surface area (Å²) in [5.41, 5.74) is 9.88. The van der Waals surface area contributed by atoms with E-state index < -0.39 is 0 Å². The van der Waals surface area contributed by atoms with E-state index in [-0.39, 0.29) is 30.0 Å². The van der Waals surface area contributed by atoms with Crippen LogP contribution in [0.4, 0.5) is 0 Å². The molecule has 0 bridgehead atoms. The highest BCUT2D eigenvalue weighted by molar-refractivity contribution is 14.0. The average molecular weight is 520 g/mol. The van der Waals surface area contributed by atoms with Crippen molar-refractivity contribution < 1.29 is 4.74 Å². The zero-order valence-corrected chi connectivity index (χ0v) is 19.9. The Kier molecular flexibility index (Phi) is 8.81. The zero-order valence-electron chi connectivity index (χ0n) is 17.6. The lowest BCUT2D eigenvalue weighted by atomic mass is 10.0. The molecule has 3 N–H and O–H groups in total. The van der Waals surface area contributed by atoms with E-state index in [0.29, 0.717) is 19.1 Å². The number of rotatable bonds is 5. The predicted octanol–water partition coefficient (Wildman–Crippen LogP) is 4.61. The van der Waals surface area contributed by atoms with E-state index in [1.807, 2.05) is 18.2 Å². The van der Waals surface area contributed by atoms with Crippen LogP contribution in [0.2, 0.25) is 0 Å². The Balaban J connectivity index is 0.00000256. The maximum Gasteiger partial charge on any atom is 0.189 e. The number of aliphatic imine (C=N–C) groups is 1. The lowest BCUT2D eigenvalue weighted by Crippen LogP contribution is -2.37. The molecule has 162 valence electrons. The summed E-state index contributed by atoms with van der Waals surface area (Å²) in [6.45, 7) is 4.79. The highest BCUT2D eigenvalue weighted by Crippen LogP contribution is 2.31. The van der Waals surface area contributed by atoms with Gasteiger partial charge in [0.2, 0.25) is 0 Å². The third-order valence-corrected chi connectivity index (χ3v) is 5.84. The summed E-state index contributed by atoms with van der Waals surface area (Å²) >= 11 is 0. The van der Waals surface area contributed by atoms with Crippen molar-refractivity contribution in [1.82, 2.24) is 10.2 Å². The molecule has 2 aliphatic rings. The summed E-state index contributed by atoms with van der Waals surface area (Å²) in [4.78, 5) is 7.13. The maximum atomic E-state index is 6.17. The van der Waals surface area contributed by atoms with Gasteiger partial charge in [-0.05, 0) is 43.1 Å². The highest BCUT2D eigenvalue weighted by Gasteiger charge is 2.21. The predicted molar refractivity (Wildman–Crippen MR) is 133 cm³/mol. The van der Waals surface area contributed by atoms with Crippen LogP contribution in [0.5, 0.6) is 5.75 Å². The number of ether oxygens (including phenoxy) is 1. The first-order valence-corrected chi connectivity index (χ1v) is 10.9. The van der Waals surface area contributed by atoms with Gasteiger partial charge in [0.05, 0.1) is 19.2 Å². The molecule has 2 aromatic carbocycles. The number of nitrogens with two attached hydrogens (primary N) is 1. The molecular formula is C24H33IN4O. The van der Waals surface area contributed by atoms with E-state index in [1.165, 1.54) is 49.9 Å². The fourth-order valence-corrected chi connectivity index (χ4v) is 4.20. The van der Waals surface area contributed by atoms with Gasteiger partial charge in [-0.2, -0.15) is 0 Å². The van der Waals surface area contributed by atoms with Gasteiger partial charge >= 0.3 is 0 Å². The van der Waals surface area contributed by atoms with E-state index in [0.717, 1.165) is 24.3 Å². The lowest BCUT2D eigenvalue weighted by molar-refractivity contribution is 0.262. The molecule has 1 saturated heterocycles. The van der Waals surface area contributed by atoms with Crippen LogP contribution in [0.1, 0.15) is 54.8 Å². The summed E-state index contributed by atoms with van der Waals surface area (Å²) in [7, 11) is 0. The van der Waals surface area contributed by atoms with Crippen molar-refractivity contribution >= 4 is 29.9 Å². The Labute approximate surface area is 197 Å². The summed E-state index contributed by atoms with van der Waals surface area (Å²) in [5, 5.41) is 3.36. The van der Waals surface area contributed by atoms with Crippen molar-refractivity contribution in [3.63, 3.8) is 0 Å². The first kappa shape index (κ1) is 22.9. The van der Waals surface area contributed by atoms with Crippen LogP contribution in [0.25, 0.3) is 0 Å². The first-order valence-electron chi connectivity index (χ1n) is 10.9. The Hall–Kier alpha value is -1.80. The Bertz CT molecular complexity index is 816. The second-order valence-electron chi connectivity index (χ2n) is 8.08. The van der Waals surface area contributed by atoms with Gasteiger partial charge in [-0.25, -0.2) is 4.99 Å². The van der Waals surface area contributed by atoms with E-state index in [1.54, 1.807) is 0 Å². The first-order chi connectivity index (χ1) is 14.3. The van der Waals surface area contributed by atoms with E-state index in [2.05, 4.69) is 45.5 Å². The number of fused-ring (bicyclic) bond motifs is 1. The zero-order chi connectivity index (χ0) is 19.9. The molecule has 2 aliphatic heterocycles. The minimum atomic E-state index is 0. The maximum absolute atomic E-state index is 6.17. The van der Waals surface area contributed by atoms with E-state index in [9.17, 15) is 0 Å². The Morgan fingerprint density at radius 3 is 2.47 bits per heavy atom. The number of halogens is 1. The largest absolute Gasteiger partial charge is 0.493 e. The van der Waals surface area contributed by atoms with E-state index in [4.69, 9.17) is 10.5 Å². The molecule has 0 spiro atoms. The number of likely N-dealkylation sites (tertiary alicyclic amines) is 1. The van der Waals surface area contributed by atoms with Gasteiger partial charge in [-0.1, -0.05) is 55.3 Å². The number of nitrogens with one attached hydrogen (secondary N) is 1. The number of nitrogens with zero attached hydrogens (tertiary/aromatic N) is 2. The summed E-state index contributed by atoms with van der Waals surface area (Å²) in [6.07, 6.45) is 6.30. The molecule has 5 nitrogen and oxygen atoms in total. The van der Waals surface area contributed by atoms with Crippen molar-refractivity contribution in [2.45, 2.75) is 51.2 Å². The fraction of sp³-hybridized carbons (Fsp3) is 0.458. The minimum Gasteiger partial charge on any atom is -0.493 e. The summed E-state index contributed by atoms with van der Waals surface area (Å²) < 4.78 is 5.71. The van der Waals surface area contributed by atoms with Gasteiger partial charge in [0.25, 0.3) is 0 Å². The second-order valence-corrected chi connectivity index (χ2v) is 8.08. The molecule has 0 radical (unpaired) electrons. The molecule has 30 heavy (non-hydrogen) atoms. The Morgan fingerprint density at radius 1 is 1.00 bits per heavy atom. The quantitative estimate of drug-likeness (QED) is 0.344. The van der Waals surface area contributed by atoms with Gasteiger partial charge in [-0.3, -0.25) is 4.90 Å². The van der Waals surface area contributed by atoms with Crippen LogP contribution in [-0.4, -0.2) is 30.6 Å². The van der Waals surface area contributed by atoms with Crippen molar-refractivity contribution in [3.8, 4) is 5.75 Å². The molecule has 0 saturated carbocycles. The van der Waals surface area contributed by atoms with Crippen LogP contribution in [0.3, 0.4) is 0 Å². The molecule has 1 unspecified atom stereocenters. The SMILES string of the molecule is I.NC(=NCc1ccc(CN2CCCCCC2)cc1)NC1CCOc2ccccc21. The fourth-order valence-electron chi connectivity index (χ4n) is 4.20. The molecule has 2 aromatic rings. The van der Waals surface area contributed by atoms with Crippen LogP contribution in [0.15, 0.2) is 53.5 Å². The number of para-hydroxylation sites is 1. The summed E-state index contributed by atoms with van der Waals surface area (Å²) in [6, 6.07) is 17.1. The molecule has 0 aromatic heterocycles. The molecule has 1 atom stereocenters. The van der Waals surface area contributed by atoms with Crippen molar-refractivity contribution in [3.05, 3.63) is 65.2 Å². The van der Waals surface area contributed by atoms with Crippen LogP contribution < -0.4 is 15.8 Å². The molecule has 2 heterocycles. The van der Waals surface area contributed by atoms with Crippen LogP contribution >= 0.6 is 24.0 Å². The number of benzene rings is 2. The molecule has 0 amide bonds. The average Bonchev–Trinajstić information content (AvgIpc) is 3.02. The minimum absolute atomic E-state index is 0. The highest BCUT2D eigenvalue weighted by atomic mass is 127. The monoisotopic (exact) mass is 520 g/mol. The number of guanidine groups is 1. The van der Waals surface area contributed by atoms with Gasteiger partial charge in [0.1, 0.15) is 5.75 Å². The molecule has 4 rings (SSSR count). The second kappa shape index (κ2) is 11.6. The number of hydrogen-bond acceptors (Lipinski definition) is 3. The van der Waals surface area contributed by atoms with Crippen molar-refractivity contribution in [2.75, 3.05) is 19.7 Å². The van der Waals surface area contributed by atoms with Crippen molar-refractivity contribution in [2.24, 2.45) is 10.7 Å². The van der Waals surface area contributed by atoms with Gasteiger partial charge < -0.3 is 15.8 Å². The smallest absolute Gasteiger partial charge is 0.189 e. The third kappa shape index (κ3) is 6.35. The van der Waals surface area contributed by atoms with Gasteiger partial charge in [-0.15, -0.1) is 24.0 Å². The standard InChI is InChI=1S/C24H32N4O.HI/c25-24(27-22-13-16-29-23-8-4-3-7-21(22)23)26-17-19-9-11-20(12-10-19)18-28-14-5-1-2-6-15-28;/h3-4,7-12,22H,1-2,5-6,13-18H2,(H3,25,26,27);1H. The summed E-state index contributed by atoms with van der Waals surface area (Å²) in [5.74, 6) is 1.42. The molecular weight excluding hydrogens is 487 g/mol. The van der Waals surface area contributed by atoms with E-state index >= 15 is 0 Å². The number of hydrogen-bond donors (Lipinski definition) is 2. The molecule has 0 aliphatic carbocycles. The van der Waals surface area contributed by atoms with Crippen LogP contribution in [0, 0.1) is 0 Å². The van der Waals surface area contributed by atoms with Crippen molar-refractivity contribution in [1.29, 1.82) is 0 Å². The van der Waals surface area contributed by atoms with Gasteiger partial charge in [0.15, 0.2) is 5.96 Å². The Morgan fingerprint density at radius 2 is 1.70 bits per heavy atom. The lowest BCUT2D eigenvalue weighted by Gasteiger charge is -2.26. The molecule has 6 heteroatoms. The third-order valence-electron chi connectivity index (χ3n) is 5.84. The van der Waals surface area contributed by atoms with Crippen LogP contribution in [-0.2, 0) is 13.1 Å².